The molecule has 2 amide bonds. The molecule has 124 valence electrons. The Morgan fingerprint density at radius 1 is 1.25 bits per heavy atom. The molecule has 4 rings (SSSR count). The Morgan fingerprint density at radius 3 is 2.88 bits per heavy atom. The van der Waals surface area contributed by atoms with Crippen LogP contribution in [0.5, 0.6) is 0 Å². The summed E-state index contributed by atoms with van der Waals surface area (Å²) in [5.74, 6) is 0. The fraction of sp³-hybridized carbons (Fsp3) is 0.294. The summed E-state index contributed by atoms with van der Waals surface area (Å²) in [6.07, 6.45) is 4.34. The molecule has 1 fully saturated rings. The van der Waals surface area contributed by atoms with E-state index in [1.165, 1.54) is 0 Å². The number of amides is 2. The number of benzene rings is 1. The first-order chi connectivity index (χ1) is 11.5. The smallest absolute Gasteiger partial charge is 0.322 e. The quantitative estimate of drug-likeness (QED) is 0.795. The van der Waals surface area contributed by atoms with Gasteiger partial charge in [-0.15, -0.1) is 0 Å². The Kier molecular flexibility index (Phi) is 3.77. The first-order valence-corrected chi connectivity index (χ1v) is 8.57. The predicted molar refractivity (Wildman–Crippen MR) is 95.4 cm³/mol. The van der Waals surface area contributed by atoms with E-state index in [4.69, 9.17) is 28.9 Å². The van der Waals surface area contributed by atoms with Crippen LogP contribution in [0.4, 0.5) is 16.2 Å². The highest BCUT2D eigenvalue weighted by molar-refractivity contribution is 6.42. The van der Waals surface area contributed by atoms with Gasteiger partial charge in [-0.3, -0.25) is 4.98 Å². The minimum atomic E-state index is -0.134. The average Bonchev–Trinajstić information content (AvgIpc) is 2.86. The first kappa shape index (κ1) is 15.5. The van der Waals surface area contributed by atoms with Gasteiger partial charge in [0.1, 0.15) is 0 Å². The number of fused-ring (bicyclic) bond motifs is 4. The Morgan fingerprint density at radius 2 is 2.08 bits per heavy atom. The van der Waals surface area contributed by atoms with Crippen LogP contribution in [0.1, 0.15) is 30.1 Å². The summed E-state index contributed by atoms with van der Waals surface area (Å²) >= 11 is 11.9. The molecule has 2 aromatic rings. The van der Waals surface area contributed by atoms with Gasteiger partial charge in [-0.25, -0.2) is 4.79 Å². The Bertz CT molecular complexity index is 826. The molecule has 24 heavy (non-hydrogen) atoms. The molecule has 7 heteroatoms. The van der Waals surface area contributed by atoms with E-state index in [1.54, 1.807) is 24.4 Å². The summed E-state index contributed by atoms with van der Waals surface area (Å²) in [5.41, 5.74) is 9.25. The van der Waals surface area contributed by atoms with Crippen molar-refractivity contribution in [2.45, 2.75) is 31.3 Å². The molecule has 0 spiro atoms. The highest BCUT2D eigenvalue weighted by Crippen LogP contribution is 2.43. The van der Waals surface area contributed by atoms with Crippen LogP contribution in [0.2, 0.25) is 10.0 Å². The SMILES string of the molecule is Nc1cnc2c(c1)CC1CCC2N1C(=O)Nc1ccc(Cl)c(Cl)c1. The third kappa shape index (κ3) is 2.58. The van der Waals surface area contributed by atoms with Crippen molar-refractivity contribution in [1.29, 1.82) is 0 Å². The van der Waals surface area contributed by atoms with Gasteiger partial charge < -0.3 is 16.0 Å². The van der Waals surface area contributed by atoms with Crippen molar-refractivity contribution >= 4 is 40.6 Å². The molecule has 3 heterocycles. The van der Waals surface area contributed by atoms with Crippen molar-refractivity contribution in [2.75, 3.05) is 11.1 Å². The molecular weight excluding hydrogens is 347 g/mol. The molecule has 1 aromatic carbocycles. The van der Waals surface area contributed by atoms with E-state index in [0.717, 1.165) is 30.5 Å². The molecular formula is C17H16Cl2N4O. The number of aromatic nitrogens is 1. The van der Waals surface area contributed by atoms with Crippen LogP contribution in [0.3, 0.4) is 0 Å². The Labute approximate surface area is 149 Å². The van der Waals surface area contributed by atoms with Gasteiger partial charge in [-0.2, -0.15) is 0 Å². The maximum Gasteiger partial charge on any atom is 0.322 e. The topological polar surface area (TPSA) is 71.2 Å². The summed E-state index contributed by atoms with van der Waals surface area (Å²) in [6.45, 7) is 0. The standard InChI is InChI=1S/C17H16Cl2N4O/c18-13-3-1-11(7-14(13)19)22-17(24)23-12-2-4-15(23)16-9(6-12)5-10(20)8-21-16/h1,3,5,7-8,12,15H,2,4,6,20H2,(H,22,24). The van der Waals surface area contributed by atoms with E-state index in [1.807, 2.05) is 11.0 Å². The lowest BCUT2D eigenvalue weighted by Crippen LogP contribution is -2.44. The number of hydrogen-bond acceptors (Lipinski definition) is 3. The largest absolute Gasteiger partial charge is 0.397 e. The minimum absolute atomic E-state index is 0.00196. The summed E-state index contributed by atoms with van der Waals surface area (Å²) < 4.78 is 0. The van der Waals surface area contributed by atoms with E-state index >= 15 is 0 Å². The van der Waals surface area contributed by atoms with Crippen LogP contribution in [0.25, 0.3) is 0 Å². The number of carbonyl (C=O) groups is 1. The van der Waals surface area contributed by atoms with E-state index in [-0.39, 0.29) is 18.1 Å². The second-order valence-corrected chi connectivity index (χ2v) is 7.04. The molecule has 2 unspecified atom stereocenters. The molecule has 1 aromatic heterocycles. The zero-order valence-corrected chi connectivity index (χ0v) is 14.3. The van der Waals surface area contributed by atoms with Crippen molar-refractivity contribution in [2.24, 2.45) is 0 Å². The molecule has 2 aliphatic rings. The van der Waals surface area contributed by atoms with Gasteiger partial charge in [0.2, 0.25) is 0 Å². The number of hydrogen-bond donors (Lipinski definition) is 2. The third-order valence-electron chi connectivity index (χ3n) is 4.70. The van der Waals surface area contributed by atoms with Gasteiger partial charge in [0.15, 0.2) is 0 Å². The molecule has 0 saturated carbocycles. The molecule has 3 N–H and O–H groups in total. The Hall–Kier alpha value is -1.98. The third-order valence-corrected chi connectivity index (χ3v) is 5.44. The molecule has 2 bridgehead atoms. The van der Waals surface area contributed by atoms with Crippen LogP contribution in [0.15, 0.2) is 30.5 Å². The number of pyridine rings is 1. The number of nitrogen functional groups attached to an aromatic ring is 1. The Balaban J connectivity index is 1.59. The second kappa shape index (κ2) is 5.83. The van der Waals surface area contributed by atoms with Crippen molar-refractivity contribution in [3.8, 4) is 0 Å². The summed E-state index contributed by atoms with van der Waals surface area (Å²) in [6, 6.07) is 7.08. The number of nitrogens with one attached hydrogen (secondary N) is 1. The van der Waals surface area contributed by atoms with Crippen LogP contribution in [-0.4, -0.2) is 22.0 Å². The van der Waals surface area contributed by atoms with E-state index in [9.17, 15) is 4.79 Å². The minimum Gasteiger partial charge on any atom is -0.397 e. The molecule has 0 aliphatic carbocycles. The zero-order valence-electron chi connectivity index (χ0n) is 12.8. The lowest BCUT2D eigenvalue weighted by molar-refractivity contribution is 0.177. The summed E-state index contributed by atoms with van der Waals surface area (Å²) in [5, 5.41) is 3.79. The maximum atomic E-state index is 12.8. The number of nitrogens with two attached hydrogens (primary N) is 1. The first-order valence-electron chi connectivity index (χ1n) is 7.81. The van der Waals surface area contributed by atoms with Gasteiger partial charge >= 0.3 is 6.03 Å². The van der Waals surface area contributed by atoms with Crippen molar-refractivity contribution in [1.82, 2.24) is 9.88 Å². The number of nitrogens with zero attached hydrogens (tertiary/aromatic N) is 2. The van der Waals surface area contributed by atoms with Crippen molar-refractivity contribution in [3.05, 3.63) is 51.8 Å². The molecule has 2 atom stereocenters. The number of anilines is 2. The average molecular weight is 363 g/mol. The van der Waals surface area contributed by atoms with Crippen LogP contribution < -0.4 is 11.1 Å². The lowest BCUT2D eigenvalue weighted by atomic mass is 9.98. The number of halogens is 2. The van der Waals surface area contributed by atoms with E-state index in [2.05, 4.69) is 10.3 Å². The fourth-order valence-corrected chi connectivity index (χ4v) is 3.98. The van der Waals surface area contributed by atoms with Crippen molar-refractivity contribution < 1.29 is 4.79 Å². The van der Waals surface area contributed by atoms with Gasteiger partial charge in [0.05, 0.1) is 33.7 Å². The van der Waals surface area contributed by atoms with Crippen molar-refractivity contribution in [3.63, 3.8) is 0 Å². The fourth-order valence-electron chi connectivity index (χ4n) is 3.68. The van der Waals surface area contributed by atoms with Gasteiger partial charge in [0.25, 0.3) is 0 Å². The number of rotatable bonds is 1. The maximum absolute atomic E-state index is 12.8. The summed E-state index contributed by atoms with van der Waals surface area (Å²) in [7, 11) is 0. The van der Waals surface area contributed by atoms with Crippen LogP contribution in [0, 0.1) is 0 Å². The monoisotopic (exact) mass is 362 g/mol. The highest BCUT2D eigenvalue weighted by atomic mass is 35.5. The molecule has 5 nitrogen and oxygen atoms in total. The predicted octanol–water partition coefficient (Wildman–Crippen LogP) is 4.26. The molecule has 2 aliphatic heterocycles. The molecule has 0 radical (unpaired) electrons. The van der Waals surface area contributed by atoms with E-state index in [0.29, 0.717) is 21.4 Å². The number of urea groups is 1. The van der Waals surface area contributed by atoms with E-state index < -0.39 is 0 Å². The number of carbonyl (C=O) groups excluding carboxylic acids is 1. The van der Waals surface area contributed by atoms with Crippen LogP contribution in [-0.2, 0) is 6.42 Å². The van der Waals surface area contributed by atoms with Gasteiger partial charge in [-0.05, 0) is 49.1 Å². The zero-order chi connectivity index (χ0) is 16.8. The molecule has 1 saturated heterocycles. The lowest BCUT2D eigenvalue weighted by Gasteiger charge is -2.35. The highest BCUT2D eigenvalue weighted by Gasteiger charge is 2.43. The summed E-state index contributed by atoms with van der Waals surface area (Å²) in [4.78, 5) is 19.2. The van der Waals surface area contributed by atoms with Gasteiger partial charge in [-0.1, -0.05) is 23.2 Å². The van der Waals surface area contributed by atoms with Gasteiger partial charge in [0, 0.05) is 11.7 Å². The normalized spacial score (nSPS) is 21.5. The van der Waals surface area contributed by atoms with Crippen LogP contribution >= 0.6 is 23.2 Å². The second-order valence-electron chi connectivity index (χ2n) is 6.23.